The summed E-state index contributed by atoms with van der Waals surface area (Å²) in [5.41, 5.74) is 4.70. The lowest BCUT2D eigenvalue weighted by atomic mass is 10.0. The summed E-state index contributed by atoms with van der Waals surface area (Å²) in [5, 5.41) is 17.7. The van der Waals surface area contributed by atoms with Crippen LogP contribution in [0.15, 0.2) is 16.6 Å². The molecular weight excluding hydrogens is 326 g/mol. The van der Waals surface area contributed by atoms with Crippen LogP contribution in [0.2, 0.25) is 0 Å². The first-order chi connectivity index (χ1) is 7.29. The summed E-state index contributed by atoms with van der Waals surface area (Å²) in [4.78, 5) is 0. The molecule has 8 heteroatoms. The Hall–Kier alpha value is -0.500. The Morgan fingerprint density at radius 3 is 2.41 bits per heavy atom. The maximum atomic E-state index is 13.1. The molecule has 1 aromatic rings. The predicted octanol–water partition coefficient (Wildman–Crippen LogP) is 2.34. The van der Waals surface area contributed by atoms with Gasteiger partial charge < -0.3 is 15.9 Å². The SMILES string of the molecule is Cl.N[C@@H](c1cc(Br)cc(F)c1O)C(F)(F)CO. The second kappa shape index (κ2) is 5.90. The monoisotopic (exact) mass is 335 g/mol. The first-order valence-electron chi connectivity index (χ1n) is 4.21. The standard InChI is InChI=1S/C9H9BrF3NO2.ClH/c10-4-1-5(7(16)6(11)2-4)8(14)9(12,13)3-15;/h1-2,8,15-16H,3,14H2;1H/t8-;/m0./s1. The molecule has 0 spiro atoms. The Morgan fingerprint density at radius 2 is 1.94 bits per heavy atom. The fourth-order valence-electron chi connectivity index (χ4n) is 1.15. The number of phenolic OH excluding ortho intramolecular Hbond substituents is 1. The Morgan fingerprint density at radius 1 is 1.41 bits per heavy atom. The van der Waals surface area contributed by atoms with Crippen LogP contribution in [0, 0.1) is 5.82 Å². The lowest BCUT2D eigenvalue weighted by Gasteiger charge is -2.22. The highest BCUT2D eigenvalue weighted by Gasteiger charge is 2.39. The molecule has 17 heavy (non-hydrogen) atoms. The maximum absolute atomic E-state index is 13.1. The van der Waals surface area contributed by atoms with Crippen molar-refractivity contribution < 1.29 is 23.4 Å². The quantitative estimate of drug-likeness (QED) is 0.794. The second-order valence-corrected chi connectivity index (χ2v) is 4.14. The van der Waals surface area contributed by atoms with Gasteiger partial charge in [-0.25, -0.2) is 13.2 Å². The summed E-state index contributed by atoms with van der Waals surface area (Å²) < 4.78 is 39.3. The molecule has 0 bridgehead atoms. The molecule has 3 nitrogen and oxygen atoms in total. The van der Waals surface area contributed by atoms with Crippen molar-refractivity contribution >= 4 is 28.3 Å². The second-order valence-electron chi connectivity index (χ2n) is 3.22. The number of alkyl halides is 2. The highest BCUT2D eigenvalue weighted by Crippen LogP contribution is 2.36. The Labute approximate surface area is 110 Å². The van der Waals surface area contributed by atoms with Crippen LogP contribution >= 0.6 is 28.3 Å². The molecule has 0 aromatic heterocycles. The summed E-state index contributed by atoms with van der Waals surface area (Å²) in [7, 11) is 0. The number of hydrogen-bond acceptors (Lipinski definition) is 3. The summed E-state index contributed by atoms with van der Waals surface area (Å²) in [5.74, 6) is -5.64. The molecule has 0 fully saturated rings. The molecular formula is C9H10BrClF3NO2. The summed E-state index contributed by atoms with van der Waals surface area (Å²) in [6.07, 6.45) is 0. The van der Waals surface area contributed by atoms with E-state index in [-0.39, 0.29) is 16.9 Å². The van der Waals surface area contributed by atoms with E-state index in [4.69, 9.17) is 10.8 Å². The van der Waals surface area contributed by atoms with E-state index in [1.807, 2.05) is 0 Å². The molecule has 0 aliphatic heterocycles. The van der Waals surface area contributed by atoms with Gasteiger partial charge in [0.05, 0.1) is 0 Å². The van der Waals surface area contributed by atoms with Gasteiger partial charge in [0.1, 0.15) is 12.6 Å². The fraction of sp³-hybridized carbons (Fsp3) is 0.333. The maximum Gasteiger partial charge on any atom is 0.289 e. The van der Waals surface area contributed by atoms with E-state index in [9.17, 15) is 18.3 Å². The zero-order chi connectivity index (χ0) is 12.5. The fourth-order valence-corrected chi connectivity index (χ4v) is 1.60. The van der Waals surface area contributed by atoms with Gasteiger partial charge in [-0.1, -0.05) is 15.9 Å². The highest BCUT2D eigenvalue weighted by atomic mass is 79.9. The van der Waals surface area contributed by atoms with Gasteiger partial charge in [0.15, 0.2) is 11.6 Å². The number of aromatic hydroxyl groups is 1. The van der Waals surface area contributed by atoms with Gasteiger partial charge in [-0.2, -0.15) is 0 Å². The molecule has 98 valence electrons. The van der Waals surface area contributed by atoms with E-state index in [0.717, 1.165) is 12.1 Å². The zero-order valence-corrected chi connectivity index (χ0v) is 10.7. The summed E-state index contributed by atoms with van der Waals surface area (Å²) in [6.45, 7) is -1.48. The van der Waals surface area contributed by atoms with Gasteiger partial charge in [0.2, 0.25) is 0 Å². The Balaban J connectivity index is 0.00000256. The van der Waals surface area contributed by atoms with E-state index in [1.165, 1.54) is 0 Å². The predicted molar refractivity (Wildman–Crippen MR) is 62.0 cm³/mol. The van der Waals surface area contributed by atoms with Crippen LogP contribution in [0.4, 0.5) is 13.2 Å². The molecule has 0 aliphatic rings. The third-order valence-electron chi connectivity index (χ3n) is 2.06. The molecule has 1 aromatic carbocycles. The van der Waals surface area contributed by atoms with Gasteiger partial charge in [-0.15, -0.1) is 12.4 Å². The van der Waals surface area contributed by atoms with E-state index in [0.29, 0.717) is 0 Å². The minimum Gasteiger partial charge on any atom is -0.505 e. The largest absolute Gasteiger partial charge is 0.505 e. The van der Waals surface area contributed by atoms with Crippen molar-refractivity contribution in [3.05, 3.63) is 28.0 Å². The van der Waals surface area contributed by atoms with Gasteiger partial charge in [0.25, 0.3) is 5.92 Å². The van der Waals surface area contributed by atoms with E-state index >= 15 is 0 Å². The molecule has 0 unspecified atom stereocenters. The molecule has 0 saturated carbocycles. The third-order valence-corrected chi connectivity index (χ3v) is 2.52. The van der Waals surface area contributed by atoms with E-state index < -0.39 is 35.7 Å². The van der Waals surface area contributed by atoms with Crippen LogP contribution in [0.1, 0.15) is 11.6 Å². The molecule has 1 rings (SSSR count). The Kier molecular flexibility index (Phi) is 5.73. The molecule has 4 N–H and O–H groups in total. The average Bonchev–Trinajstić information content (AvgIpc) is 2.22. The van der Waals surface area contributed by atoms with Crippen molar-refractivity contribution in [1.29, 1.82) is 0 Å². The molecule has 0 radical (unpaired) electrons. The van der Waals surface area contributed by atoms with Crippen LogP contribution in [0.25, 0.3) is 0 Å². The first kappa shape index (κ1) is 16.5. The average molecular weight is 337 g/mol. The van der Waals surface area contributed by atoms with Gasteiger partial charge >= 0.3 is 0 Å². The van der Waals surface area contributed by atoms with Crippen molar-refractivity contribution in [2.24, 2.45) is 5.73 Å². The molecule has 0 amide bonds. The number of phenols is 1. The normalized spacial score (nSPS) is 13.1. The molecule has 0 saturated heterocycles. The van der Waals surface area contributed by atoms with Gasteiger partial charge in [0, 0.05) is 10.0 Å². The van der Waals surface area contributed by atoms with E-state index in [2.05, 4.69) is 15.9 Å². The van der Waals surface area contributed by atoms with Crippen molar-refractivity contribution in [3.63, 3.8) is 0 Å². The number of rotatable bonds is 3. The minimum absolute atomic E-state index is 0. The molecule has 1 atom stereocenters. The smallest absolute Gasteiger partial charge is 0.289 e. The van der Waals surface area contributed by atoms with Crippen molar-refractivity contribution in [2.45, 2.75) is 12.0 Å². The van der Waals surface area contributed by atoms with Gasteiger partial charge in [-0.05, 0) is 12.1 Å². The summed E-state index contributed by atoms with van der Waals surface area (Å²) in [6, 6.07) is 0.0134. The third kappa shape index (κ3) is 3.48. The highest BCUT2D eigenvalue weighted by molar-refractivity contribution is 9.10. The number of aliphatic hydroxyl groups is 1. The molecule has 0 aliphatic carbocycles. The van der Waals surface area contributed by atoms with Crippen LogP contribution in [0.5, 0.6) is 5.75 Å². The number of benzene rings is 1. The molecule has 0 heterocycles. The first-order valence-corrected chi connectivity index (χ1v) is 5.01. The van der Waals surface area contributed by atoms with Crippen LogP contribution in [-0.4, -0.2) is 22.7 Å². The van der Waals surface area contributed by atoms with Gasteiger partial charge in [-0.3, -0.25) is 0 Å². The topological polar surface area (TPSA) is 66.5 Å². The van der Waals surface area contributed by atoms with Crippen LogP contribution < -0.4 is 5.73 Å². The van der Waals surface area contributed by atoms with Crippen molar-refractivity contribution in [2.75, 3.05) is 6.61 Å². The lowest BCUT2D eigenvalue weighted by molar-refractivity contribution is -0.0716. The number of hydrogen-bond donors (Lipinski definition) is 3. The number of aliphatic hydroxyl groups excluding tert-OH is 1. The van der Waals surface area contributed by atoms with Crippen molar-refractivity contribution in [1.82, 2.24) is 0 Å². The zero-order valence-electron chi connectivity index (χ0n) is 8.33. The minimum atomic E-state index is -3.63. The van der Waals surface area contributed by atoms with Crippen molar-refractivity contribution in [3.8, 4) is 5.75 Å². The number of halogens is 5. The van der Waals surface area contributed by atoms with Crippen LogP contribution in [0.3, 0.4) is 0 Å². The van der Waals surface area contributed by atoms with Crippen LogP contribution in [-0.2, 0) is 0 Å². The summed E-state index contributed by atoms with van der Waals surface area (Å²) >= 11 is 2.89. The number of nitrogens with two attached hydrogens (primary N) is 1. The van der Waals surface area contributed by atoms with E-state index in [1.54, 1.807) is 0 Å². The Bertz CT molecular complexity index is 406. The lowest BCUT2D eigenvalue weighted by Crippen LogP contribution is -2.36.